The molecule has 37 heavy (non-hydrogen) atoms. The molecule has 0 unspecified atom stereocenters. The van der Waals surface area contributed by atoms with Gasteiger partial charge < -0.3 is 9.47 Å². The predicted octanol–water partition coefficient (Wildman–Crippen LogP) is 6.74. The molecule has 0 fully saturated rings. The number of rotatable bonds is 6. The maximum absolute atomic E-state index is 14.3. The third-order valence-electron chi connectivity index (χ3n) is 5.49. The highest BCUT2D eigenvalue weighted by Crippen LogP contribution is 2.39. The van der Waals surface area contributed by atoms with Crippen LogP contribution in [-0.4, -0.2) is 18.7 Å². The lowest BCUT2D eigenvalue weighted by molar-refractivity contribution is -0.114. The first-order valence-corrected chi connectivity index (χ1v) is 11.1. The number of carbonyl (C=O) groups is 1. The number of anilines is 1. The van der Waals surface area contributed by atoms with Gasteiger partial charge in [0.05, 0.1) is 23.4 Å². The zero-order valence-electron chi connectivity index (χ0n) is 19.6. The van der Waals surface area contributed by atoms with Crippen LogP contribution in [0.1, 0.15) is 23.6 Å². The average Bonchev–Trinajstić information content (AvgIpc) is 3.13. The van der Waals surface area contributed by atoms with Crippen molar-refractivity contribution >= 4 is 35.0 Å². The van der Waals surface area contributed by atoms with E-state index >= 15 is 0 Å². The van der Waals surface area contributed by atoms with Gasteiger partial charge in [-0.05, 0) is 43.2 Å². The Morgan fingerprint density at radius 3 is 2.24 bits per heavy atom. The summed E-state index contributed by atoms with van der Waals surface area (Å²) in [5, 5.41) is 3.99. The smallest absolute Gasteiger partial charge is 0.280 e. The SMILES string of the molecule is COc1cc(/C=C2/C(=O)N(c3c(F)c(F)c(F)c(F)c3F)N=C2C)cc(Cl)c1OCc1cccc(C)c1. The van der Waals surface area contributed by atoms with Crippen LogP contribution < -0.4 is 14.5 Å². The Hall–Kier alpha value is -3.92. The Morgan fingerprint density at radius 1 is 0.973 bits per heavy atom. The molecule has 0 aliphatic carbocycles. The summed E-state index contributed by atoms with van der Waals surface area (Å²) in [5.41, 5.74) is 0.640. The van der Waals surface area contributed by atoms with Gasteiger partial charge in [0.2, 0.25) is 5.82 Å². The quantitative estimate of drug-likeness (QED) is 0.152. The molecule has 1 aliphatic heterocycles. The van der Waals surface area contributed by atoms with Gasteiger partial charge >= 0.3 is 0 Å². The Labute approximate surface area is 213 Å². The van der Waals surface area contributed by atoms with E-state index in [4.69, 9.17) is 21.1 Å². The molecule has 3 aromatic carbocycles. The molecule has 1 aliphatic rings. The molecule has 192 valence electrons. The van der Waals surface area contributed by atoms with Crippen molar-refractivity contribution in [3.05, 3.63) is 92.8 Å². The molecule has 0 N–H and O–H groups in total. The van der Waals surface area contributed by atoms with Gasteiger partial charge in [0.15, 0.2) is 34.8 Å². The molecular weight excluding hydrogens is 519 g/mol. The fraction of sp³-hybridized carbons (Fsp3) is 0.154. The van der Waals surface area contributed by atoms with Crippen LogP contribution in [0.4, 0.5) is 27.6 Å². The zero-order chi connectivity index (χ0) is 27.0. The van der Waals surface area contributed by atoms with Crippen molar-refractivity contribution in [2.45, 2.75) is 20.5 Å². The third-order valence-corrected chi connectivity index (χ3v) is 5.77. The van der Waals surface area contributed by atoms with E-state index in [1.54, 1.807) is 0 Å². The van der Waals surface area contributed by atoms with E-state index in [1.165, 1.54) is 32.2 Å². The molecule has 5 nitrogen and oxygen atoms in total. The van der Waals surface area contributed by atoms with Crippen molar-refractivity contribution in [3.63, 3.8) is 0 Å². The topological polar surface area (TPSA) is 51.1 Å². The minimum absolute atomic E-state index is 0.0243. The highest BCUT2D eigenvalue weighted by Gasteiger charge is 2.37. The highest BCUT2D eigenvalue weighted by molar-refractivity contribution is 6.33. The van der Waals surface area contributed by atoms with Gasteiger partial charge in [-0.2, -0.15) is 10.1 Å². The van der Waals surface area contributed by atoms with Crippen molar-refractivity contribution in [2.75, 3.05) is 12.1 Å². The summed E-state index contributed by atoms with van der Waals surface area (Å²) in [7, 11) is 1.39. The van der Waals surface area contributed by atoms with Crippen LogP contribution in [0.25, 0.3) is 6.08 Å². The number of ether oxygens (including phenoxy) is 2. The van der Waals surface area contributed by atoms with E-state index in [9.17, 15) is 26.7 Å². The molecule has 0 saturated heterocycles. The fourth-order valence-corrected chi connectivity index (χ4v) is 3.98. The number of halogens is 6. The van der Waals surface area contributed by atoms with Gasteiger partial charge in [-0.15, -0.1) is 0 Å². The van der Waals surface area contributed by atoms with Crippen molar-refractivity contribution in [1.29, 1.82) is 0 Å². The summed E-state index contributed by atoms with van der Waals surface area (Å²) in [6.45, 7) is 3.50. The minimum Gasteiger partial charge on any atom is -0.493 e. The van der Waals surface area contributed by atoms with Gasteiger partial charge in [0.1, 0.15) is 12.3 Å². The number of benzene rings is 3. The van der Waals surface area contributed by atoms with Crippen molar-refractivity contribution in [2.24, 2.45) is 5.10 Å². The Kier molecular flexibility index (Phi) is 7.22. The largest absolute Gasteiger partial charge is 0.493 e. The maximum atomic E-state index is 14.3. The Bertz CT molecular complexity index is 1460. The molecule has 0 radical (unpaired) electrons. The number of nitrogens with zero attached hydrogens (tertiary/aromatic N) is 2. The van der Waals surface area contributed by atoms with Gasteiger partial charge in [-0.25, -0.2) is 22.0 Å². The first-order valence-electron chi connectivity index (χ1n) is 10.7. The summed E-state index contributed by atoms with van der Waals surface area (Å²) < 4.78 is 80.5. The second kappa shape index (κ2) is 10.2. The van der Waals surface area contributed by atoms with E-state index < -0.39 is 40.7 Å². The summed E-state index contributed by atoms with van der Waals surface area (Å²) in [6.07, 6.45) is 1.30. The van der Waals surface area contributed by atoms with Crippen LogP contribution in [0, 0.1) is 36.0 Å². The van der Waals surface area contributed by atoms with Crippen LogP contribution in [0.3, 0.4) is 0 Å². The molecule has 0 saturated carbocycles. The standard InChI is InChI=1S/C26H18ClF5N2O3/c1-12-5-4-6-14(7-12)11-37-25-17(27)9-15(10-18(25)36-3)8-16-13(2)33-34(26(16)35)24-22(31)20(29)19(28)21(30)23(24)32/h4-10H,11H2,1-3H3/b16-8+. The van der Waals surface area contributed by atoms with Gasteiger partial charge in [0, 0.05) is 0 Å². The van der Waals surface area contributed by atoms with E-state index in [0.29, 0.717) is 5.56 Å². The molecule has 0 spiro atoms. The third kappa shape index (κ3) is 4.89. The number of hydrogen-bond donors (Lipinski definition) is 0. The summed E-state index contributed by atoms with van der Waals surface area (Å²) in [6, 6.07) is 10.6. The van der Waals surface area contributed by atoms with Crippen molar-refractivity contribution in [1.82, 2.24) is 0 Å². The van der Waals surface area contributed by atoms with Crippen LogP contribution in [0.5, 0.6) is 11.5 Å². The van der Waals surface area contributed by atoms with Crippen LogP contribution in [0.15, 0.2) is 47.1 Å². The minimum atomic E-state index is -2.34. The normalized spacial score (nSPS) is 14.4. The van der Waals surface area contributed by atoms with Gasteiger partial charge in [-0.1, -0.05) is 41.4 Å². The molecule has 0 bridgehead atoms. The maximum Gasteiger partial charge on any atom is 0.280 e. The number of amides is 1. The van der Waals surface area contributed by atoms with Gasteiger partial charge in [0.25, 0.3) is 5.91 Å². The van der Waals surface area contributed by atoms with Crippen LogP contribution in [-0.2, 0) is 11.4 Å². The van der Waals surface area contributed by atoms with Crippen LogP contribution in [0.2, 0.25) is 5.02 Å². The van der Waals surface area contributed by atoms with E-state index in [2.05, 4.69) is 5.10 Å². The van der Waals surface area contributed by atoms with E-state index in [-0.39, 0.29) is 39.4 Å². The fourth-order valence-electron chi connectivity index (χ4n) is 3.70. The second-order valence-corrected chi connectivity index (χ2v) is 8.50. The Balaban J connectivity index is 1.66. The number of methoxy groups -OCH3 is 1. The molecule has 1 heterocycles. The lowest BCUT2D eigenvalue weighted by Gasteiger charge is -2.15. The zero-order valence-corrected chi connectivity index (χ0v) is 20.4. The van der Waals surface area contributed by atoms with Gasteiger partial charge in [-0.3, -0.25) is 4.79 Å². The van der Waals surface area contributed by atoms with Crippen molar-refractivity contribution < 1.29 is 36.2 Å². The van der Waals surface area contributed by atoms with Crippen LogP contribution >= 0.6 is 11.6 Å². The molecule has 0 aromatic heterocycles. The number of aryl methyl sites for hydroxylation is 1. The highest BCUT2D eigenvalue weighted by atomic mass is 35.5. The number of hydrazone groups is 1. The lowest BCUT2D eigenvalue weighted by atomic mass is 10.1. The lowest BCUT2D eigenvalue weighted by Crippen LogP contribution is -2.25. The molecule has 3 aromatic rings. The molecule has 1 amide bonds. The molecule has 4 rings (SSSR count). The summed E-state index contributed by atoms with van der Waals surface area (Å²) >= 11 is 6.41. The first kappa shape index (κ1) is 26.2. The van der Waals surface area contributed by atoms with E-state index in [0.717, 1.165) is 11.1 Å². The summed E-state index contributed by atoms with van der Waals surface area (Å²) in [4.78, 5) is 12.9. The predicted molar refractivity (Wildman–Crippen MR) is 128 cm³/mol. The molecular formula is C26H18ClF5N2O3. The Morgan fingerprint density at radius 2 is 1.62 bits per heavy atom. The number of carbonyl (C=O) groups excluding carboxylic acids is 1. The average molecular weight is 537 g/mol. The second-order valence-electron chi connectivity index (χ2n) is 8.09. The first-order chi connectivity index (χ1) is 17.5. The van der Waals surface area contributed by atoms with Crippen molar-refractivity contribution in [3.8, 4) is 11.5 Å². The summed E-state index contributed by atoms with van der Waals surface area (Å²) in [5.74, 6) is -11.7. The monoisotopic (exact) mass is 536 g/mol. The van der Waals surface area contributed by atoms with E-state index in [1.807, 2.05) is 31.2 Å². The number of hydrogen-bond acceptors (Lipinski definition) is 4. The molecule has 11 heteroatoms. The molecule has 0 atom stereocenters.